The molecule has 1 fully saturated rings. The third-order valence-corrected chi connectivity index (χ3v) is 5.10. The first-order chi connectivity index (χ1) is 14.7. The molecule has 1 aliphatic rings. The predicted molar refractivity (Wildman–Crippen MR) is 115 cm³/mol. The molecule has 2 aromatic rings. The number of hydrogen-bond acceptors (Lipinski definition) is 3. The summed E-state index contributed by atoms with van der Waals surface area (Å²) >= 11 is 0. The molecule has 7 heteroatoms. The van der Waals surface area contributed by atoms with E-state index >= 15 is 0 Å². The number of nitrogens with one attached hydrogen (secondary N) is 2. The summed E-state index contributed by atoms with van der Waals surface area (Å²) < 4.78 is 33.0. The number of ether oxygens (including phenoxy) is 1. The Hall–Kier alpha value is -2.51. The van der Waals surface area contributed by atoms with Gasteiger partial charge < -0.3 is 15.4 Å². The van der Waals surface area contributed by atoms with Crippen LogP contribution in [-0.2, 0) is 24.2 Å². The Balaban J connectivity index is 1.60. The second-order valence-corrected chi connectivity index (χ2v) is 7.23. The lowest BCUT2D eigenvalue weighted by Crippen LogP contribution is -2.38. The summed E-state index contributed by atoms with van der Waals surface area (Å²) in [5.41, 5.74) is 2.52. The van der Waals surface area contributed by atoms with E-state index in [1.165, 1.54) is 29.3 Å². The first kappa shape index (κ1) is 22.2. The minimum atomic E-state index is -0.518. The van der Waals surface area contributed by atoms with Gasteiger partial charge in [0.25, 0.3) is 0 Å². The van der Waals surface area contributed by atoms with Crippen molar-refractivity contribution in [3.8, 4) is 0 Å². The maximum Gasteiger partial charge on any atom is 0.191 e. The van der Waals surface area contributed by atoms with Gasteiger partial charge in [0.05, 0.1) is 19.8 Å². The van der Waals surface area contributed by atoms with Gasteiger partial charge in [-0.2, -0.15) is 0 Å². The van der Waals surface area contributed by atoms with Crippen LogP contribution in [-0.4, -0.2) is 50.3 Å². The molecule has 0 radical (unpaired) electrons. The van der Waals surface area contributed by atoms with E-state index in [1.54, 1.807) is 0 Å². The van der Waals surface area contributed by atoms with Crippen LogP contribution >= 0.6 is 0 Å². The van der Waals surface area contributed by atoms with Gasteiger partial charge in [-0.05, 0) is 36.6 Å². The van der Waals surface area contributed by atoms with E-state index in [1.807, 2.05) is 13.0 Å². The average Bonchev–Trinajstić information content (AvgIpc) is 2.75. The minimum absolute atomic E-state index is 0.0942. The molecule has 0 unspecified atom stereocenters. The molecular formula is C23H30F2N4O. The van der Waals surface area contributed by atoms with Gasteiger partial charge >= 0.3 is 0 Å². The smallest absolute Gasteiger partial charge is 0.191 e. The molecule has 0 bridgehead atoms. The van der Waals surface area contributed by atoms with Crippen molar-refractivity contribution < 1.29 is 13.5 Å². The zero-order valence-electron chi connectivity index (χ0n) is 17.5. The summed E-state index contributed by atoms with van der Waals surface area (Å²) in [5, 5.41) is 6.37. The first-order valence-corrected chi connectivity index (χ1v) is 10.5. The minimum Gasteiger partial charge on any atom is -0.379 e. The predicted octanol–water partition coefficient (Wildman–Crippen LogP) is 3.09. The SMILES string of the molecule is CCNC(=NCc1ccccc1CN1CCOCC1)NCCc1c(F)cccc1F. The molecule has 0 saturated carbocycles. The van der Waals surface area contributed by atoms with Gasteiger partial charge in [0.15, 0.2) is 5.96 Å². The highest BCUT2D eigenvalue weighted by molar-refractivity contribution is 5.79. The molecule has 5 nitrogen and oxygen atoms in total. The second kappa shape index (κ2) is 11.6. The van der Waals surface area contributed by atoms with Crippen LogP contribution in [0.3, 0.4) is 0 Å². The van der Waals surface area contributed by atoms with Gasteiger partial charge in [-0.1, -0.05) is 30.3 Å². The summed E-state index contributed by atoms with van der Waals surface area (Å²) in [6.45, 7) is 7.92. The second-order valence-electron chi connectivity index (χ2n) is 7.23. The molecule has 1 heterocycles. The fourth-order valence-electron chi connectivity index (χ4n) is 3.45. The Morgan fingerprint density at radius 2 is 1.70 bits per heavy atom. The van der Waals surface area contributed by atoms with Crippen LogP contribution < -0.4 is 10.6 Å². The molecule has 30 heavy (non-hydrogen) atoms. The largest absolute Gasteiger partial charge is 0.379 e. The highest BCUT2D eigenvalue weighted by Crippen LogP contribution is 2.14. The maximum absolute atomic E-state index is 13.8. The Morgan fingerprint density at radius 1 is 1.00 bits per heavy atom. The number of morpholine rings is 1. The molecule has 1 saturated heterocycles. The van der Waals surface area contributed by atoms with Crippen molar-refractivity contribution in [2.45, 2.75) is 26.4 Å². The van der Waals surface area contributed by atoms with Gasteiger partial charge in [0.2, 0.25) is 0 Å². The summed E-state index contributed by atoms with van der Waals surface area (Å²) in [4.78, 5) is 7.06. The van der Waals surface area contributed by atoms with Crippen molar-refractivity contribution in [2.75, 3.05) is 39.4 Å². The van der Waals surface area contributed by atoms with Crippen LogP contribution in [0, 0.1) is 11.6 Å². The lowest BCUT2D eigenvalue weighted by molar-refractivity contribution is 0.0341. The summed E-state index contributed by atoms with van der Waals surface area (Å²) in [6, 6.07) is 12.2. The van der Waals surface area contributed by atoms with Gasteiger partial charge in [-0.3, -0.25) is 4.90 Å². The van der Waals surface area contributed by atoms with Crippen molar-refractivity contribution in [1.29, 1.82) is 0 Å². The van der Waals surface area contributed by atoms with Crippen LogP contribution in [0.4, 0.5) is 8.78 Å². The highest BCUT2D eigenvalue weighted by atomic mass is 19.1. The Kier molecular flexibility index (Phi) is 8.59. The molecule has 162 valence electrons. The third-order valence-electron chi connectivity index (χ3n) is 5.10. The van der Waals surface area contributed by atoms with E-state index in [0.29, 0.717) is 25.6 Å². The van der Waals surface area contributed by atoms with Crippen LogP contribution in [0.5, 0.6) is 0 Å². The molecule has 0 aromatic heterocycles. The van der Waals surface area contributed by atoms with E-state index in [-0.39, 0.29) is 12.0 Å². The average molecular weight is 417 g/mol. The van der Waals surface area contributed by atoms with Crippen molar-refractivity contribution in [1.82, 2.24) is 15.5 Å². The number of aliphatic imine (C=N–C) groups is 1. The highest BCUT2D eigenvalue weighted by Gasteiger charge is 2.13. The number of guanidine groups is 1. The number of rotatable bonds is 8. The molecule has 0 aliphatic carbocycles. The van der Waals surface area contributed by atoms with E-state index in [4.69, 9.17) is 4.74 Å². The van der Waals surface area contributed by atoms with Crippen molar-refractivity contribution in [3.05, 3.63) is 70.8 Å². The van der Waals surface area contributed by atoms with Crippen molar-refractivity contribution in [3.63, 3.8) is 0 Å². The summed E-state index contributed by atoms with van der Waals surface area (Å²) in [6.07, 6.45) is 0.247. The van der Waals surface area contributed by atoms with Crippen LogP contribution in [0.2, 0.25) is 0 Å². The lowest BCUT2D eigenvalue weighted by atomic mass is 10.1. The fraction of sp³-hybridized carbons (Fsp3) is 0.435. The van der Waals surface area contributed by atoms with Gasteiger partial charge in [-0.15, -0.1) is 0 Å². The van der Waals surface area contributed by atoms with Gasteiger partial charge in [-0.25, -0.2) is 13.8 Å². The monoisotopic (exact) mass is 416 g/mol. The lowest BCUT2D eigenvalue weighted by Gasteiger charge is -2.27. The third kappa shape index (κ3) is 6.50. The standard InChI is InChI=1S/C23H30F2N4O/c1-2-26-23(27-11-10-20-21(24)8-5-9-22(20)25)28-16-18-6-3-4-7-19(18)17-29-12-14-30-15-13-29/h3-9H,2,10-17H2,1H3,(H2,26,27,28). The number of hydrogen-bond donors (Lipinski definition) is 2. The quantitative estimate of drug-likeness (QED) is 0.513. The van der Waals surface area contributed by atoms with Crippen molar-refractivity contribution in [2.24, 2.45) is 4.99 Å². The Labute approximate surface area is 177 Å². The fourth-order valence-corrected chi connectivity index (χ4v) is 3.45. The Morgan fingerprint density at radius 3 is 2.40 bits per heavy atom. The molecule has 0 atom stereocenters. The molecule has 3 rings (SSSR count). The topological polar surface area (TPSA) is 48.9 Å². The molecule has 0 spiro atoms. The normalized spacial score (nSPS) is 15.2. The van der Waals surface area contributed by atoms with Crippen LogP contribution in [0.1, 0.15) is 23.6 Å². The number of nitrogens with zero attached hydrogens (tertiary/aromatic N) is 2. The van der Waals surface area contributed by atoms with Gasteiger partial charge in [0.1, 0.15) is 11.6 Å². The summed E-state index contributed by atoms with van der Waals surface area (Å²) in [5.74, 6) is -0.401. The van der Waals surface area contributed by atoms with Crippen molar-refractivity contribution >= 4 is 5.96 Å². The molecular weight excluding hydrogens is 386 g/mol. The van der Waals surface area contributed by atoms with Crippen LogP contribution in [0.15, 0.2) is 47.5 Å². The number of benzene rings is 2. The Bertz CT molecular complexity index is 817. The van der Waals surface area contributed by atoms with E-state index in [2.05, 4.69) is 38.7 Å². The zero-order valence-corrected chi connectivity index (χ0v) is 17.5. The first-order valence-electron chi connectivity index (χ1n) is 10.5. The van der Waals surface area contributed by atoms with E-state index < -0.39 is 11.6 Å². The van der Waals surface area contributed by atoms with Gasteiger partial charge in [0, 0.05) is 38.3 Å². The van der Waals surface area contributed by atoms with E-state index in [9.17, 15) is 8.78 Å². The molecule has 2 N–H and O–H groups in total. The maximum atomic E-state index is 13.8. The summed E-state index contributed by atoms with van der Waals surface area (Å²) in [7, 11) is 0. The molecule has 2 aromatic carbocycles. The number of halogens is 2. The molecule has 1 aliphatic heterocycles. The van der Waals surface area contributed by atoms with Crippen LogP contribution in [0.25, 0.3) is 0 Å². The van der Waals surface area contributed by atoms with E-state index in [0.717, 1.165) is 32.8 Å². The molecule has 0 amide bonds. The zero-order chi connectivity index (χ0) is 21.2.